The van der Waals surface area contributed by atoms with Crippen molar-refractivity contribution in [2.75, 3.05) is 10.0 Å². The quantitative estimate of drug-likeness (QED) is 0.715. The van der Waals surface area contributed by atoms with Gasteiger partial charge in [-0.1, -0.05) is 32.8 Å². The molecule has 2 aromatic rings. The number of benzene rings is 2. The number of amides is 1. The van der Waals surface area contributed by atoms with Gasteiger partial charge in [0.05, 0.1) is 10.6 Å². The van der Waals surface area contributed by atoms with Gasteiger partial charge in [0.2, 0.25) is 5.91 Å². The number of hydrogen-bond donors (Lipinski definition) is 2. The summed E-state index contributed by atoms with van der Waals surface area (Å²) in [4.78, 5) is 12.0. The van der Waals surface area contributed by atoms with Crippen LogP contribution in [0.5, 0.6) is 0 Å². The first-order valence-electron chi connectivity index (χ1n) is 8.48. The second-order valence-corrected chi connectivity index (χ2v) is 7.97. The van der Waals surface area contributed by atoms with Gasteiger partial charge in [0.25, 0.3) is 10.0 Å². The number of halogens is 1. The third-order valence-electron chi connectivity index (χ3n) is 3.84. The molecule has 0 saturated heterocycles. The SMILES string of the molecule is CCCC(C)CC(=O)Nc1ccc(S(=O)(=O)Nc2cccc(F)c2)cc1. The second-order valence-electron chi connectivity index (χ2n) is 6.29. The van der Waals surface area contributed by atoms with Crippen molar-refractivity contribution in [3.63, 3.8) is 0 Å². The normalized spacial score (nSPS) is 12.4. The van der Waals surface area contributed by atoms with Crippen LogP contribution < -0.4 is 10.0 Å². The fourth-order valence-corrected chi connectivity index (χ4v) is 3.66. The Labute approximate surface area is 153 Å². The highest BCUT2D eigenvalue weighted by molar-refractivity contribution is 7.92. The van der Waals surface area contributed by atoms with Crippen molar-refractivity contribution in [1.82, 2.24) is 0 Å². The number of carbonyl (C=O) groups excluding carboxylic acids is 1. The van der Waals surface area contributed by atoms with Gasteiger partial charge in [0, 0.05) is 12.1 Å². The predicted molar refractivity (Wildman–Crippen MR) is 101 cm³/mol. The zero-order valence-electron chi connectivity index (χ0n) is 14.8. The number of hydrogen-bond acceptors (Lipinski definition) is 3. The van der Waals surface area contributed by atoms with Crippen LogP contribution in [0.3, 0.4) is 0 Å². The first-order valence-corrected chi connectivity index (χ1v) is 9.97. The summed E-state index contributed by atoms with van der Waals surface area (Å²) in [6, 6.07) is 11.1. The molecule has 0 spiro atoms. The third-order valence-corrected chi connectivity index (χ3v) is 5.24. The minimum absolute atomic E-state index is 0.0270. The van der Waals surface area contributed by atoms with Crippen LogP contribution in [0.1, 0.15) is 33.1 Å². The Morgan fingerprint density at radius 2 is 1.81 bits per heavy atom. The molecule has 5 nitrogen and oxygen atoms in total. The minimum atomic E-state index is -3.83. The van der Waals surface area contributed by atoms with E-state index in [-0.39, 0.29) is 16.5 Å². The Balaban J connectivity index is 2.02. The summed E-state index contributed by atoms with van der Waals surface area (Å²) < 4.78 is 40.2. The highest BCUT2D eigenvalue weighted by Gasteiger charge is 2.15. The van der Waals surface area contributed by atoms with Crippen LogP contribution in [-0.4, -0.2) is 14.3 Å². The van der Waals surface area contributed by atoms with Crippen molar-refractivity contribution in [1.29, 1.82) is 0 Å². The molecule has 0 aliphatic carbocycles. The molecule has 0 saturated carbocycles. The highest BCUT2D eigenvalue weighted by Crippen LogP contribution is 2.19. The van der Waals surface area contributed by atoms with E-state index in [0.717, 1.165) is 18.9 Å². The summed E-state index contributed by atoms with van der Waals surface area (Å²) in [7, 11) is -3.83. The summed E-state index contributed by atoms with van der Waals surface area (Å²) in [6.07, 6.45) is 2.44. The summed E-state index contributed by atoms with van der Waals surface area (Å²) in [6.45, 7) is 4.10. The molecule has 0 fully saturated rings. The summed E-state index contributed by atoms with van der Waals surface area (Å²) in [5, 5.41) is 2.76. The fourth-order valence-electron chi connectivity index (χ4n) is 2.61. The van der Waals surface area contributed by atoms with E-state index < -0.39 is 15.8 Å². The molecule has 7 heteroatoms. The van der Waals surface area contributed by atoms with Crippen LogP contribution >= 0.6 is 0 Å². The maximum atomic E-state index is 13.2. The Morgan fingerprint density at radius 3 is 2.42 bits per heavy atom. The lowest BCUT2D eigenvalue weighted by molar-refractivity contribution is -0.117. The molecule has 0 bridgehead atoms. The van der Waals surface area contributed by atoms with Gasteiger partial charge in [-0.15, -0.1) is 0 Å². The predicted octanol–water partition coefficient (Wildman–Crippen LogP) is 4.39. The smallest absolute Gasteiger partial charge is 0.261 e. The van der Waals surface area contributed by atoms with Crippen LogP contribution in [0, 0.1) is 11.7 Å². The van der Waals surface area contributed by atoms with Crippen molar-refractivity contribution in [2.24, 2.45) is 5.92 Å². The lowest BCUT2D eigenvalue weighted by Gasteiger charge is -2.11. The lowest BCUT2D eigenvalue weighted by atomic mass is 10.0. The van der Waals surface area contributed by atoms with E-state index in [1.807, 2.05) is 6.92 Å². The zero-order chi connectivity index (χ0) is 19.2. The second kappa shape index (κ2) is 8.80. The first kappa shape index (κ1) is 19.9. The maximum absolute atomic E-state index is 13.2. The zero-order valence-corrected chi connectivity index (χ0v) is 15.6. The molecule has 1 atom stereocenters. The van der Waals surface area contributed by atoms with Gasteiger partial charge in [-0.25, -0.2) is 12.8 Å². The van der Waals surface area contributed by atoms with E-state index >= 15 is 0 Å². The number of rotatable bonds is 8. The van der Waals surface area contributed by atoms with Gasteiger partial charge < -0.3 is 5.32 Å². The molecular formula is C19H23FN2O3S. The van der Waals surface area contributed by atoms with Gasteiger partial charge in [0.1, 0.15) is 5.82 Å². The largest absolute Gasteiger partial charge is 0.326 e. The van der Waals surface area contributed by atoms with Crippen LogP contribution in [0.4, 0.5) is 15.8 Å². The van der Waals surface area contributed by atoms with Crippen LogP contribution in [0.2, 0.25) is 0 Å². The molecule has 2 aromatic carbocycles. The molecule has 0 aliphatic rings. The van der Waals surface area contributed by atoms with Crippen LogP contribution in [0.15, 0.2) is 53.4 Å². The van der Waals surface area contributed by atoms with Gasteiger partial charge in [-0.3, -0.25) is 9.52 Å². The molecule has 2 N–H and O–H groups in total. The van der Waals surface area contributed by atoms with Crippen molar-refractivity contribution < 1.29 is 17.6 Å². The third kappa shape index (κ3) is 5.84. The Morgan fingerprint density at radius 1 is 1.12 bits per heavy atom. The summed E-state index contributed by atoms with van der Waals surface area (Å²) >= 11 is 0. The monoisotopic (exact) mass is 378 g/mol. The molecule has 0 radical (unpaired) electrons. The summed E-state index contributed by atoms with van der Waals surface area (Å²) in [5.74, 6) is -0.324. The molecule has 0 aromatic heterocycles. The van der Waals surface area contributed by atoms with E-state index in [0.29, 0.717) is 18.0 Å². The number of anilines is 2. The molecule has 2 rings (SSSR count). The molecule has 1 amide bonds. The molecule has 1 unspecified atom stereocenters. The molecule has 0 heterocycles. The van der Waals surface area contributed by atoms with Crippen LogP contribution in [-0.2, 0) is 14.8 Å². The van der Waals surface area contributed by atoms with E-state index in [1.54, 1.807) is 0 Å². The van der Waals surface area contributed by atoms with Crippen molar-refractivity contribution in [2.45, 2.75) is 38.0 Å². The van der Waals surface area contributed by atoms with Gasteiger partial charge >= 0.3 is 0 Å². The molecular weight excluding hydrogens is 355 g/mol. The lowest BCUT2D eigenvalue weighted by Crippen LogP contribution is -2.16. The average Bonchev–Trinajstić information content (AvgIpc) is 2.55. The van der Waals surface area contributed by atoms with Gasteiger partial charge in [-0.2, -0.15) is 0 Å². The van der Waals surface area contributed by atoms with Gasteiger partial charge in [0.15, 0.2) is 0 Å². The molecule has 0 aliphatic heterocycles. The van der Waals surface area contributed by atoms with Gasteiger partial charge in [-0.05, 0) is 48.4 Å². The van der Waals surface area contributed by atoms with Crippen molar-refractivity contribution in [3.8, 4) is 0 Å². The Bertz CT molecular complexity index is 851. The maximum Gasteiger partial charge on any atom is 0.261 e. The van der Waals surface area contributed by atoms with E-state index in [2.05, 4.69) is 17.0 Å². The number of carbonyl (C=O) groups is 1. The fraction of sp³-hybridized carbons (Fsp3) is 0.316. The van der Waals surface area contributed by atoms with Crippen LogP contribution in [0.25, 0.3) is 0 Å². The van der Waals surface area contributed by atoms with E-state index in [9.17, 15) is 17.6 Å². The topological polar surface area (TPSA) is 75.3 Å². The highest BCUT2D eigenvalue weighted by atomic mass is 32.2. The standard InChI is InChI=1S/C19H23FN2O3S/c1-3-5-14(2)12-19(23)21-16-8-10-18(11-9-16)26(24,25)22-17-7-4-6-15(20)13-17/h4,6-11,13-14,22H,3,5,12H2,1-2H3,(H,21,23). The Kier molecular flexibility index (Phi) is 6.74. The Hall–Kier alpha value is -2.41. The summed E-state index contributed by atoms with van der Waals surface area (Å²) in [5.41, 5.74) is 0.677. The van der Waals surface area contributed by atoms with E-state index in [4.69, 9.17) is 0 Å². The molecule has 140 valence electrons. The van der Waals surface area contributed by atoms with Crippen molar-refractivity contribution in [3.05, 3.63) is 54.3 Å². The number of sulfonamides is 1. The molecule has 26 heavy (non-hydrogen) atoms. The van der Waals surface area contributed by atoms with Crippen molar-refractivity contribution >= 4 is 27.3 Å². The number of nitrogens with one attached hydrogen (secondary N) is 2. The average molecular weight is 378 g/mol. The minimum Gasteiger partial charge on any atom is -0.326 e. The first-order chi connectivity index (χ1) is 12.3. The van der Waals surface area contributed by atoms with E-state index in [1.165, 1.54) is 42.5 Å².